The molecule has 2 aromatic rings. The van der Waals surface area contributed by atoms with E-state index in [9.17, 15) is 18.0 Å². The lowest BCUT2D eigenvalue weighted by atomic mass is 10.1. The summed E-state index contributed by atoms with van der Waals surface area (Å²) in [5, 5.41) is 4.77. The van der Waals surface area contributed by atoms with Gasteiger partial charge in [-0.25, -0.2) is 4.98 Å². The molecule has 2 rings (SSSR count). The highest BCUT2D eigenvalue weighted by Crippen LogP contribution is 2.35. The van der Waals surface area contributed by atoms with Crippen molar-refractivity contribution >= 4 is 28.6 Å². The Bertz CT molecular complexity index is 695. The monoisotopic (exact) mass is 329 g/mol. The van der Waals surface area contributed by atoms with Crippen molar-refractivity contribution in [3.8, 4) is 0 Å². The molecule has 4 nitrogen and oxygen atoms in total. The fourth-order valence-electron chi connectivity index (χ4n) is 1.86. The largest absolute Gasteiger partial charge is 0.416 e. The summed E-state index contributed by atoms with van der Waals surface area (Å²) in [5.74, 6) is -0.535. The first-order chi connectivity index (χ1) is 10.2. The van der Waals surface area contributed by atoms with E-state index < -0.39 is 17.6 Å². The number of halogens is 3. The van der Waals surface area contributed by atoms with Crippen LogP contribution in [0.25, 0.3) is 0 Å². The lowest BCUT2D eigenvalue weighted by Crippen LogP contribution is -2.18. The van der Waals surface area contributed by atoms with E-state index in [4.69, 9.17) is 0 Å². The number of hydrogen-bond donors (Lipinski definition) is 1. The second-order valence-electron chi connectivity index (χ2n) is 4.83. The van der Waals surface area contributed by atoms with Gasteiger partial charge in [-0.2, -0.15) is 13.2 Å². The van der Waals surface area contributed by atoms with E-state index in [0.717, 1.165) is 12.1 Å². The van der Waals surface area contributed by atoms with Gasteiger partial charge in [-0.1, -0.05) is 0 Å². The zero-order chi connectivity index (χ0) is 16.5. The summed E-state index contributed by atoms with van der Waals surface area (Å²) in [5.41, 5.74) is -0.0590. The molecule has 0 unspecified atom stereocenters. The topological polar surface area (TPSA) is 45.2 Å². The third kappa shape index (κ3) is 3.56. The Hall–Kier alpha value is -2.09. The number of rotatable bonds is 3. The molecule has 0 bridgehead atoms. The molecule has 0 spiro atoms. The van der Waals surface area contributed by atoms with Crippen LogP contribution in [0.15, 0.2) is 23.6 Å². The van der Waals surface area contributed by atoms with Gasteiger partial charge in [0.2, 0.25) is 0 Å². The van der Waals surface area contributed by atoms with Crippen molar-refractivity contribution in [2.45, 2.75) is 13.1 Å². The molecule has 0 aliphatic rings. The van der Waals surface area contributed by atoms with Crippen LogP contribution in [0.4, 0.5) is 24.5 Å². The number of thiazole rings is 1. The van der Waals surface area contributed by atoms with Crippen molar-refractivity contribution in [2.24, 2.45) is 0 Å². The number of hydrogen-bond acceptors (Lipinski definition) is 4. The first kappa shape index (κ1) is 16.3. The molecule has 0 atom stereocenters. The summed E-state index contributed by atoms with van der Waals surface area (Å²) in [7, 11) is 3.37. The Morgan fingerprint density at radius 3 is 2.50 bits per heavy atom. The molecule has 1 heterocycles. The maximum atomic E-state index is 12.8. The van der Waals surface area contributed by atoms with Gasteiger partial charge in [0.05, 0.1) is 21.9 Å². The molecule has 0 fully saturated rings. The standard InChI is InChI=1S/C14H14F3N3OS/c1-8-18-11(7-22-8)13(21)19-10-6-9(14(15,16)17)4-5-12(10)20(2)3/h4-7H,1-3H3,(H,19,21). The van der Waals surface area contributed by atoms with Crippen molar-refractivity contribution in [1.29, 1.82) is 0 Å². The molecule has 8 heteroatoms. The Labute approximate surface area is 129 Å². The quantitative estimate of drug-likeness (QED) is 0.932. The molecule has 0 aliphatic heterocycles. The number of amides is 1. The third-order valence-corrected chi connectivity index (χ3v) is 3.68. The molecular weight excluding hydrogens is 315 g/mol. The third-order valence-electron chi connectivity index (χ3n) is 2.91. The molecule has 1 N–H and O–H groups in total. The first-order valence-corrected chi connectivity index (χ1v) is 7.18. The second kappa shape index (κ2) is 5.96. The highest BCUT2D eigenvalue weighted by molar-refractivity contribution is 7.09. The van der Waals surface area contributed by atoms with E-state index in [-0.39, 0.29) is 11.4 Å². The Balaban J connectivity index is 2.37. The van der Waals surface area contributed by atoms with E-state index in [2.05, 4.69) is 10.3 Å². The number of nitrogens with one attached hydrogen (secondary N) is 1. The van der Waals surface area contributed by atoms with E-state index in [1.165, 1.54) is 17.4 Å². The normalized spacial score (nSPS) is 11.4. The van der Waals surface area contributed by atoms with Crippen LogP contribution < -0.4 is 10.2 Å². The number of carbonyl (C=O) groups excluding carboxylic acids is 1. The fourth-order valence-corrected chi connectivity index (χ4v) is 2.45. The number of carbonyl (C=O) groups is 1. The van der Waals surface area contributed by atoms with E-state index in [1.807, 2.05) is 0 Å². The van der Waals surface area contributed by atoms with E-state index in [0.29, 0.717) is 10.7 Å². The highest BCUT2D eigenvalue weighted by atomic mass is 32.1. The maximum Gasteiger partial charge on any atom is 0.416 e. The first-order valence-electron chi connectivity index (χ1n) is 6.30. The molecule has 0 radical (unpaired) electrons. The molecule has 22 heavy (non-hydrogen) atoms. The molecule has 118 valence electrons. The van der Waals surface area contributed by atoms with Gasteiger partial charge in [0.15, 0.2) is 0 Å². The summed E-state index contributed by atoms with van der Waals surface area (Å²) >= 11 is 1.30. The van der Waals surface area contributed by atoms with Crippen molar-refractivity contribution in [3.63, 3.8) is 0 Å². The fraction of sp³-hybridized carbons (Fsp3) is 0.286. The van der Waals surface area contributed by atoms with Crippen LogP contribution >= 0.6 is 11.3 Å². The van der Waals surface area contributed by atoms with Crippen LogP contribution in [0, 0.1) is 6.92 Å². The summed E-state index contributed by atoms with van der Waals surface area (Å²) in [6.45, 7) is 1.75. The molecule has 1 aromatic heterocycles. The second-order valence-corrected chi connectivity index (χ2v) is 5.89. The number of benzene rings is 1. The summed E-state index contributed by atoms with van der Waals surface area (Å²) in [4.78, 5) is 17.7. The molecule has 0 aliphatic carbocycles. The minimum absolute atomic E-state index is 0.0930. The zero-order valence-electron chi connectivity index (χ0n) is 12.2. The van der Waals surface area contributed by atoms with Gasteiger partial charge in [-0.15, -0.1) is 11.3 Å². The number of alkyl halides is 3. The van der Waals surface area contributed by atoms with E-state index >= 15 is 0 Å². The summed E-state index contributed by atoms with van der Waals surface area (Å²) in [6, 6.07) is 3.23. The van der Waals surface area contributed by atoms with Gasteiger partial charge < -0.3 is 10.2 Å². The van der Waals surface area contributed by atoms with Crippen LogP contribution in [-0.2, 0) is 6.18 Å². The lowest BCUT2D eigenvalue weighted by molar-refractivity contribution is -0.137. The predicted molar refractivity (Wildman–Crippen MR) is 80.6 cm³/mol. The van der Waals surface area contributed by atoms with Gasteiger partial charge in [0, 0.05) is 19.5 Å². The van der Waals surface area contributed by atoms with Crippen LogP contribution in [0.5, 0.6) is 0 Å². The maximum absolute atomic E-state index is 12.8. The smallest absolute Gasteiger partial charge is 0.376 e. The number of nitrogens with zero attached hydrogens (tertiary/aromatic N) is 2. The van der Waals surface area contributed by atoms with Crippen molar-refractivity contribution in [1.82, 2.24) is 4.98 Å². The average Bonchev–Trinajstić information content (AvgIpc) is 2.84. The van der Waals surface area contributed by atoms with Gasteiger partial charge in [0.1, 0.15) is 5.69 Å². The minimum Gasteiger partial charge on any atom is -0.376 e. The Morgan fingerprint density at radius 2 is 2.00 bits per heavy atom. The van der Waals surface area contributed by atoms with E-state index in [1.54, 1.807) is 31.3 Å². The highest BCUT2D eigenvalue weighted by Gasteiger charge is 2.31. The SMILES string of the molecule is Cc1nc(C(=O)Nc2cc(C(F)(F)F)ccc2N(C)C)cs1. The van der Waals surface area contributed by atoms with Crippen LogP contribution in [-0.4, -0.2) is 25.0 Å². The molecule has 0 saturated carbocycles. The zero-order valence-corrected chi connectivity index (χ0v) is 13.0. The van der Waals surface area contributed by atoms with Gasteiger partial charge in [0.25, 0.3) is 5.91 Å². The number of anilines is 2. The van der Waals surface area contributed by atoms with Crippen molar-refractivity contribution in [2.75, 3.05) is 24.3 Å². The Kier molecular flexibility index (Phi) is 4.41. The number of aromatic nitrogens is 1. The lowest BCUT2D eigenvalue weighted by Gasteiger charge is -2.19. The van der Waals surface area contributed by atoms with Gasteiger partial charge in [-0.3, -0.25) is 4.79 Å². The summed E-state index contributed by atoms with van der Waals surface area (Å²) in [6.07, 6.45) is -4.47. The van der Waals surface area contributed by atoms with Gasteiger partial charge in [-0.05, 0) is 25.1 Å². The minimum atomic E-state index is -4.47. The average molecular weight is 329 g/mol. The molecular formula is C14H14F3N3OS. The van der Waals surface area contributed by atoms with Crippen LogP contribution in [0.1, 0.15) is 21.1 Å². The number of aryl methyl sites for hydroxylation is 1. The van der Waals surface area contributed by atoms with Crippen LogP contribution in [0.3, 0.4) is 0 Å². The molecule has 1 amide bonds. The molecule has 1 aromatic carbocycles. The molecule has 0 saturated heterocycles. The Morgan fingerprint density at radius 1 is 1.32 bits per heavy atom. The van der Waals surface area contributed by atoms with Crippen molar-refractivity contribution in [3.05, 3.63) is 39.8 Å². The summed E-state index contributed by atoms with van der Waals surface area (Å²) < 4.78 is 38.5. The van der Waals surface area contributed by atoms with Crippen LogP contribution in [0.2, 0.25) is 0 Å². The predicted octanol–water partition coefficient (Wildman–Crippen LogP) is 3.79. The van der Waals surface area contributed by atoms with Gasteiger partial charge >= 0.3 is 6.18 Å². The van der Waals surface area contributed by atoms with Crippen molar-refractivity contribution < 1.29 is 18.0 Å².